The quantitative estimate of drug-likeness (QED) is 0.345. The van der Waals surface area contributed by atoms with Gasteiger partial charge in [-0.1, -0.05) is 6.92 Å². The van der Waals surface area contributed by atoms with Crippen LogP contribution in [0.2, 0.25) is 0 Å². The Hall–Kier alpha value is -1.71. The molecule has 1 aromatic rings. The van der Waals surface area contributed by atoms with Gasteiger partial charge in [-0.2, -0.15) is 0 Å². The zero-order valence-electron chi connectivity index (χ0n) is 10.9. The third-order valence-corrected chi connectivity index (χ3v) is 2.41. The number of carbonyl (C=O) groups excluding carboxylic acids is 1. The topological polar surface area (TPSA) is 138 Å². The third-order valence-electron chi connectivity index (χ3n) is 2.41. The molecule has 20 heavy (non-hydrogen) atoms. The van der Waals surface area contributed by atoms with Crippen LogP contribution in [0.15, 0.2) is 18.2 Å². The molecule has 10 heteroatoms. The van der Waals surface area contributed by atoms with Crippen LogP contribution in [0.3, 0.4) is 0 Å². The summed E-state index contributed by atoms with van der Waals surface area (Å²) in [5.41, 5.74) is -1.11. The fourth-order valence-corrected chi connectivity index (χ4v) is 1.42. The number of carbonyl (C=O) groups is 1. The first-order valence-electron chi connectivity index (χ1n) is 5.27. The van der Waals surface area contributed by atoms with E-state index >= 15 is 0 Å². The van der Waals surface area contributed by atoms with Crippen LogP contribution >= 0.6 is 0 Å². The number of non-ortho nitro benzene ring substituents is 1. The van der Waals surface area contributed by atoms with E-state index in [0.717, 1.165) is 18.2 Å². The summed E-state index contributed by atoms with van der Waals surface area (Å²) < 4.78 is 0. The SMILES string of the molecule is CC[C@@H](Nc1ccc([N+](=O)[O-])cc1[N+](=O)[O-])C(=O)[O-].[Na+]. The normalized spacial score (nSPS) is 11.1. The van der Waals surface area contributed by atoms with Gasteiger partial charge in [-0.15, -0.1) is 0 Å². The fourth-order valence-electron chi connectivity index (χ4n) is 1.42. The summed E-state index contributed by atoms with van der Waals surface area (Å²) in [6, 6.07) is 1.81. The average molecular weight is 291 g/mol. The van der Waals surface area contributed by atoms with Crippen LogP contribution in [-0.2, 0) is 4.79 Å². The van der Waals surface area contributed by atoms with Gasteiger partial charge in [-0.05, 0) is 12.5 Å². The zero-order chi connectivity index (χ0) is 14.6. The minimum absolute atomic E-state index is 0. The number of nitro groups is 2. The van der Waals surface area contributed by atoms with Gasteiger partial charge in [-0.25, -0.2) is 0 Å². The molecule has 0 bridgehead atoms. The van der Waals surface area contributed by atoms with E-state index in [9.17, 15) is 30.1 Å². The summed E-state index contributed by atoms with van der Waals surface area (Å²) in [4.78, 5) is 30.5. The van der Waals surface area contributed by atoms with Crippen molar-refractivity contribution in [1.82, 2.24) is 0 Å². The van der Waals surface area contributed by atoms with E-state index in [4.69, 9.17) is 0 Å². The predicted octanol–water partition coefficient (Wildman–Crippen LogP) is -2.55. The summed E-state index contributed by atoms with van der Waals surface area (Å²) in [6.07, 6.45) is 0.149. The number of nitro benzene ring substituents is 2. The van der Waals surface area contributed by atoms with Gasteiger partial charge in [0.1, 0.15) is 5.69 Å². The van der Waals surface area contributed by atoms with Gasteiger partial charge >= 0.3 is 29.6 Å². The summed E-state index contributed by atoms with van der Waals surface area (Å²) in [5, 5.41) is 34.5. The Labute approximate surface area is 135 Å². The molecular formula is C10H10N3NaO6. The molecule has 0 spiro atoms. The molecule has 0 heterocycles. The number of aliphatic carboxylic acids is 1. The van der Waals surface area contributed by atoms with Crippen LogP contribution < -0.4 is 40.0 Å². The Kier molecular flexibility index (Phi) is 7.11. The minimum Gasteiger partial charge on any atom is -0.548 e. The average Bonchev–Trinajstić information content (AvgIpc) is 2.35. The molecule has 0 unspecified atom stereocenters. The van der Waals surface area contributed by atoms with Crippen molar-refractivity contribution in [3.05, 3.63) is 38.4 Å². The number of benzene rings is 1. The molecule has 0 fully saturated rings. The van der Waals surface area contributed by atoms with Crippen LogP contribution in [-0.4, -0.2) is 21.9 Å². The molecule has 0 aromatic heterocycles. The number of nitrogens with zero attached hydrogens (tertiary/aromatic N) is 2. The molecule has 0 radical (unpaired) electrons. The Morgan fingerprint density at radius 3 is 2.30 bits per heavy atom. The second-order valence-corrected chi connectivity index (χ2v) is 3.64. The number of rotatable bonds is 6. The Morgan fingerprint density at radius 1 is 1.30 bits per heavy atom. The smallest absolute Gasteiger partial charge is 0.548 e. The molecule has 0 amide bonds. The summed E-state index contributed by atoms with van der Waals surface area (Å²) in [5.74, 6) is -1.41. The standard InChI is InChI=1S/C10H11N3O6.Na/c1-2-7(10(14)15)11-8-4-3-6(12(16)17)5-9(8)13(18)19;/h3-5,7,11H,2H2,1H3,(H,14,15);/q;+1/p-1/t7-;/m1./s1. The number of nitrogens with one attached hydrogen (secondary N) is 1. The van der Waals surface area contributed by atoms with Crippen LogP contribution in [0.1, 0.15) is 13.3 Å². The first kappa shape index (κ1) is 18.3. The molecule has 9 nitrogen and oxygen atoms in total. The van der Waals surface area contributed by atoms with E-state index < -0.39 is 33.2 Å². The van der Waals surface area contributed by atoms with Crippen molar-refractivity contribution in [3.8, 4) is 0 Å². The van der Waals surface area contributed by atoms with E-state index in [1.807, 2.05) is 0 Å². The first-order chi connectivity index (χ1) is 8.86. The molecule has 1 atom stereocenters. The molecule has 0 saturated heterocycles. The van der Waals surface area contributed by atoms with Gasteiger partial charge in [0.2, 0.25) is 0 Å². The molecule has 1 N–H and O–H groups in total. The van der Waals surface area contributed by atoms with Crippen molar-refractivity contribution in [3.63, 3.8) is 0 Å². The molecule has 0 saturated carbocycles. The Morgan fingerprint density at radius 2 is 1.90 bits per heavy atom. The molecule has 1 aromatic carbocycles. The van der Waals surface area contributed by atoms with Gasteiger partial charge in [0.25, 0.3) is 11.4 Å². The summed E-state index contributed by atoms with van der Waals surface area (Å²) in [7, 11) is 0. The molecule has 102 valence electrons. The van der Waals surface area contributed by atoms with E-state index in [1.54, 1.807) is 6.92 Å². The van der Waals surface area contributed by atoms with E-state index in [0.29, 0.717) is 0 Å². The van der Waals surface area contributed by atoms with Crippen LogP contribution in [0.25, 0.3) is 0 Å². The molecule has 1 rings (SSSR count). The second kappa shape index (κ2) is 7.78. The number of carboxylic acid groups (broad SMARTS) is 1. The van der Waals surface area contributed by atoms with Gasteiger partial charge in [0.15, 0.2) is 0 Å². The van der Waals surface area contributed by atoms with Crippen molar-refractivity contribution >= 4 is 23.0 Å². The van der Waals surface area contributed by atoms with Crippen molar-refractivity contribution in [2.75, 3.05) is 5.32 Å². The number of hydrogen-bond acceptors (Lipinski definition) is 7. The molecule has 0 aliphatic rings. The number of hydrogen-bond donors (Lipinski definition) is 1. The van der Waals surface area contributed by atoms with E-state index in [2.05, 4.69) is 5.32 Å². The van der Waals surface area contributed by atoms with E-state index in [-0.39, 0.29) is 41.7 Å². The van der Waals surface area contributed by atoms with Gasteiger partial charge in [0.05, 0.1) is 27.9 Å². The monoisotopic (exact) mass is 291 g/mol. The predicted molar refractivity (Wildman–Crippen MR) is 62.5 cm³/mol. The number of anilines is 1. The van der Waals surface area contributed by atoms with Crippen LogP contribution in [0, 0.1) is 20.2 Å². The maximum atomic E-state index is 10.8. The summed E-state index contributed by atoms with van der Waals surface area (Å²) >= 11 is 0. The molecule has 0 aliphatic heterocycles. The Balaban J connectivity index is 0.00000361. The summed E-state index contributed by atoms with van der Waals surface area (Å²) in [6.45, 7) is 1.56. The van der Waals surface area contributed by atoms with E-state index in [1.165, 1.54) is 0 Å². The Bertz CT molecular complexity index is 536. The van der Waals surface area contributed by atoms with Crippen molar-refractivity contribution < 1.29 is 49.3 Å². The van der Waals surface area contributed by atoms with Crippen molar-refractivity contribution in [1.29, 1.82) is 0 Å². The van der Waals surface area contributed by atoms with Gasteiger partial charge in [0, 0.05) is 6.07 Å². The first-order valence-corrected chi connectivity index (χ1v) is 5.27. The third kappa shape index (κ3) is 4.44. The van der Waals surface area contributed by atoms with Gasteiger partial charge < -0.3 is 15.2 Å². The molecule has 0 aliphatic carbocycles. The number of carboxylic acids is 1. The van der Waals surface area contributed by atoms with Crippen molar-refractivity contribution in [2.24, 2.45) is 0 Å². The largest absolute Gasteiger partial charge is 1.00 e. The zero-order valence-corrected chi connectivity index (χ0v) is 12.9. The fraction of sp³-hybridized carbons (Fsp3) is 0.300. The van der Waals surface area contributed by atoms with Crippen LogP contribution in [0.5, 0.6) is 0 Å². The minimum atomic E-state index is -1.41. The maximum Gasteiger partial charge on any atom is 1.00 e. The maximum absolute atomic E-state index is 10.8. The van der Waals surface area contributed by atoms with Crippen molar-refractivity contribution in [2.45, 2.75) is 19.4 Å². The molecular weight excluding hydrogens is 281 g/mol. The van der Waals surface area contributed by atoms with Gasteiger partial charge in [-0.3, -0.25) is 20.2 Å². The second-order valence-electron chi connectivity index (χ2n) is 3.64. The van der Waals surface area contributed by atoms with Crippen LogP contribution in [0.4, 0.5) is 17.1 Å².